The first kappa shape index (κ1) is 18.4. The number of carbonyl (C=O) groups excluding carboxylic acids is 2. The molecular weight excluding hydrogens is 326 g/mol. The fourth-order valence-electron chi connectivity index (χ4n) is 2.61. The third-order valence-corrected chi connectivity index (χ3v) is 4.12. The maximum atomic E-state index is 12.0. The van der Waals surface area contributed by atoms with E-state index >= 15 is 0 Å². The first-order chi connectivity index (χ1) is 11.8. The van der Waals surface area contributed by atoms with Crippen LogP contribution in [0.25, 0.3) is 0 Å². The maximum Gasteiger partial charge on any atom is 0.414 e. The number of benzene rings is 1. The predicted molar refractivity (Wildman–Crippen MR) is 91.5 cm³/mol. The Bertz CT molecular complexity index is 688. The van der Waals surface area contributed by atoms with Gasteiger partial charge in [0.25, 0.3) is 0 Å². The third kappa shape index (κ3) is 4.54. The third-order valence-electron chi connectivity index (χ3n) is 4.12. The van der Waals surface area contributed by atoms with Crippen LogP contribution in [0.3, 0.4) is 0 Å². The van der Waals surface area contributed by atoms with E-state index < -0.39 is 18.0 Å². The van der Waals surface area contributed by atoms with Crippen LogP contribution >= 0.6 is 0 Å². The van der Waals surface area contributed by atoms with Gasteiger partial charge in [-0.15, -0.1) is 0 Å². The van der Waals surface area contributed by atoms with Crippen molar-refractivity contribution in [1.82, 2.24) is 9.80 Å². The number of piperazine rings is 1. The van der Waals surface area contributed by atoms with Gasteiger partial charge in [0.2, 0.25) is 11.8 Å². The van der Waals surface area contributed by atoms with Gasteiger partial charge in [0, 0.05) is 37.3 Å². The molecule has 1 heterocycles. The van der Waals surface area contributed by atoms with Crippen molar-refractivity contribution in [3.05, 3.63) is 29.8 Å². The van der Waals surface area contributed by atoms with Crippen LogP contribution in [0.2, 0.25) is 0 Å². The van der Waals surface area contributed by atoms with Gasteiger partial charge < -0.3 is 16.2 Å². The quantitative estimate of drug-likeness (QED) is 0.452. The molecule has 1 aromatic carbocycles. The molecule has 2 rings (SSSR count). The monoisotopic (exact) mass is 347 g/mol. The molecule has 1 aliphatic heterocycles. The molecule has 3 amide bonds. The van der Waals surface area contributed by atoms with E-state index in [1.807, 2.05) is 0 Å². The second-order valence-electron chi connectivity index (χ2n) is 5.77. The minimum absolute atomic E-state index is 0.0444. The fourth-order valence-corrected chi connectivity index (χ4v) is 2.61. The Hall–Kier alpha value is -2.94. The molecule has 0 aliphatic carbocycles. The van der Waals surface area contributed by atoms with Gasteiger partial charge in [0.15, 0.2) is 0 Å². The lowest BCUT2D eigenvalue weighted by Gasteiger charge is -2.36. The number of nitrogens with zero attached hydrogens (tertiary/aromatic N) is 2. The Balaban J connectivity index is 1.84. The van der Waals surface area contributed by atoms with Crippen LogP contribution in [0.15, 0.2) is 24.3 Å². The number of nitrogens with two attached hydrogens (primary N) is 1. The molecule has 134 valence electrons. The second kappa shape index (κ2) is 7.75. The molecule has 9 heteroatoms. The van der Waals surface area contributed by atoms with E-state index in [4.69, 9.17) is 16.2 Å². The van der Waals surface area contributed by atoms with E-state index in [2.05, 4.69) is 5.32 Å². The summed E-state index contributed by atoms with van der Waals surface area (Å²) < 4.78 is 0. The van der Waals surface area contributed by atoms with Crippen molar-refractivity contribution in [2.75, 3.05) is 25.0 Å². The van der Waals surface area contributed by atoms with E-state index in [1.54, 1.807) is 36.1 Å². The van der Waals surface area contributed by atoms with E-state index in [-0.39, 0.29) is 24.7 Å². The highest BCUT2D eigenvalue weighted by atomic mass is 16.4. The molecule has 1 aromatic rings. The molecule has 0 spiro atoms. The van der Waals surface area contributed by atoms with Gasteiger partial charge in [-0.3, -0.25) is 19.9 Å². The standard InChI is InChI=1S/C16H21N5O4/c1-10-15(23)21(16(24)25)9-8-20(10)7-6-13(22)19-12-4-2-11(3-5-12)14(17)18/h2-5,10H,6-9H2,1H3,(H3,17,18)(H,19,22)(H,24,25). The zero-order valence-electron chi connectivity index (χ0n) is 13.9. The summed E-state index contributed by atoms with van der Waals surface area (Å²) in [4.78, 5) is 37.6. The number of imide groups is 1. The maximum absolute atomic E-state index is 12.0. The summed E-state index contributed by atoms with van der Waals surface area (Å²) in [6.45, 7) is 2.50. The lowest BCUT2D eigenvalue weighted by molar-refractivity contribution is -0.138. The van der Waals surface area contributed by atoms with Crippen LogP contribution in [0.4, 0.5) is 10.5 Å². The zero-order valence-corrected chi connectivity index (χ0v) is 13.9. The number of nitrogens with one attached hydrogen (secondary N) is 2. The van der Waals surface area contributed by atoms with Gasteiger partial charge in [-0.1, -0.05) is 0 Å². The topological polar surface area (TPSA) is 140 Å². The molecule has 25 heavy (non-hydrogen) atoms. The summed E-state index contributed by atoms with van der Waals surface area (Å²) in [5.41, 5.74) is 6.53. The van der Waals surface area contributed by atoms with Crippen molar-refractivity contribution in [2.45, 2.75) is 19.4 Å². The average Bonchev–Trinajstić information content (AvgIpc) is 2.56. The molecule has 0 saturated carbocycles. The van der Waals surface area contributed by atoms with Crippen LogP contribution in [-0.4, -0.2) is 64.3 Å². The summed E-state index contributed by atoms with van der Waals surface area (Å²) in [7, 11) is 0. The molecule has 1 aliphatic rings. The van der Waals surface area contributed by atoms with Gasteiger partial charge in [-0.05, 0) is 31.2 Å². The van der Waals surface area contributed by atoms with Crippen LogP contribution in [0.5, 0.6) is 0 Å². The van der Waals surface area contributed by atoms with Crippen molar-refractivity contribution in [1.29, 1.82) is 5.41 Å². The Morgan fingerprint density at radius 3 is 2.52 bits per heavy atom. The molecule has 1 saturated heterocycles. The summed E-state index contributed by atoms with van der Waals surface area (Å²) in [5.74, 6) is -0.730. The second-order valence-corrected chi connectivity index (χ2v) is 5.77. The van der Waals surface area contributed by atoms with E-state index in [0.717, 1.165) is 4.90 Å². The van der Waals surface area contributed by atoms with Gasteiger partial charge in [0.1, 0.15) is 5.84 Å². The Labute approximate surface area is 144 Å². The summed E-state index contributed by atoms with van der Waals surface area (Å²) >= 11 is 0. The molecule has 9 nitrogen and oxygen atoms in total. The summed E-state index contributed by atoms with van der Waals surface area (Å²) in [6.07, 6.45) is -1.07. The number of amides is 3. The molecular formula is C16H21N5O4. The van der Waals surface area contributed by atoms with Gasteiger partial charge in [-0.2, -0.15) is 0 Å². The average molecular weight is 347 g/mol. The van der Waals surface area contributed by atoms with Gasteiger partial charge in [-0.25, -0.2) is 9.69 Å². The number of amidine groups is 1. The van der Waals surface area contributed by atoms with Gasteiger partial charge in [0.05, 0.1) is 6.04 Å². The van der Waals surface area contributed by atoms with Crippen molar-refractivity contribution < 1.29 is 19.5 Å². The number of hydrogen-bond acceptors (Lipinski definition) is 5. The lowest BCUT2D eigenvalue weighted by Crippen LogP contribution is -2.57. The normalized spacial score (nSPS) is 18.0. The molecule has 0 bridgehead atoms. The number of carbonyl (C=O) groups is 3. The molecule has 1 unspecified atom stereocenters. The Morgan fingerprint density at radius 1 is 1.32 bits per heavy atom. The lowest BCUT2D eigenvalue weighted by atomic mass is 10.1. The van der Waals surface area contributed by atoms with Crippen LogP contribution in [0.1, 0.15) is 18.9 Å². The Morgan fingerprint density at radius 2 is 1.96 bits per heavy atom. The fraction of sp³-hybridized carbons (Fsp3) is 0.375. The number of anilines is 1. The number of carboxylic acid groups (broad SMARTS) is 1. The SMILES string of the molecule is CC1C(=O)N(C(=O)O)CCN1CCC(=O)Nc1ccc(C(=N)N)cc1. The van der Waals surface area contributed by atoms with Crippen molar-refractivity contribution in [3.8, 4) is 0 Å². The molecule has 0 aromatic heterocycles. The van der Waals surface area contributed by atoms with E-state index in [0.29, 0.717) is 24.3 Å². The van der Waals surface area contributed by atoms with E-state index in [9.17, 15) is 14.4 Å². The number of rotatable bonds is 5. The minimum Gasteiger partial charge on any atom is -0.465 e. The van der Waals surface area contributed by atoms with Crippen LogP contribution in [0, 0.1) is 5.41 Å². The molecule has 0 radical (unpaired) electrons. The van der Waals surface area contributed by atoms with Crippen LogP contribution < -0.4 is 11.1 Å². The first-order valence-corrected chi connectivity index (χ1v) is 7.82. The van der Waals surface area contributed by atoms with E-state index in [1.165, 1.54) is 0 Å². The van der Waals surface area contributed by atoms with Crippen molar-refractivity contribution in [2.24, 2.45) is 5.73 Å². The summed E-state index contributed by atoms with van der Waals surface area (Å²) in [6, 6.07) is 6.03. The zero-order chi connectivity index (χ0) is 18.6. The number of nitrogen functional groups attached to an aromatic ring is 1. The van der Waals surface area contributed by atoms with Crippen molar-refractivity contribution in [3.63, 3.8) is 0 Å². The van der Waals surface area contributed by atoms with Crippen LogP contribution in [-0.2, 0) is 9.59 Å². The molecule has 1 atom stereocenters. The largest absolute Gasteiger partial charge is 0.465 e. The van der Waals surface area contributed by atoms with Gasteiger partial charge >= 0.3 is 6.09 Å². The smallest absolute Gasteiger partial charge is 0.414 e. The first-order valence-electron chi connectivity index (χ1n) is 7.82. The molecule has 1 fully saturated rings. The number of hydrogen-bond donors (Lipinski definition) is 4. The highest BCUT2D eigenvalue weighted by molar-refractivity contribution is 5.96. The minimum atomic E-state index is -1.25. The Kier molecular flexibility index (Phi) is 5.71. The van der Waals surface area contributed by atoms with Crippen molar-refractivity contribution >= 4 is 29.4 Å². The highest BCUT2D eigenvalue weighted by Crippen LogP contribution is 2.13. The summed E-state index contributed by atoms with van der Waals surface area (Å²) in [5, 5.41) is 19.0. The predicted octanol–water partition coefficient (Wildman–Crippen LogP) is 0.510. The highest BCUT2D eigenvalue weighted by Gasteiger charge is 2.34. The molecule has 5 N–H and O–H groups in total.